The van der Waals surface area contributed by atoms with Gasteiger partial charge in [-0.2, -0.15) is 0 Å². The Labute approximate surface area is 113 Å². The number of rotatable bonds is 9. The van der Waals surface area contributed by atoms with Gasteiger partial charge in [-0.1, -0.05) is 0 Å². The predicted octanol–water partition coefficient (Wildman–Crippen LogP) is 0.554. The summed E-state index contributed by atoms with van der Waals surface area (Å²) in [6.45, 7) is 5.64. The SMILES string of the molecule is CN(C)CCNCCN(C)CC1(N(C)C)CCC1. The van der Waals surface area contributed by atoms with Gasteiger partial charge in [0.2, 0.25) is 0 Å². The first-order valence-electron chi connectivity index (χ1n) is 7.18. The zero-order chi connectivity index (χ0) is 13.6. The minimum Gasteiger partial charge on any atom is -0.314 e. The van der Waals surface area contributed by atoms with Crippen LogP contribution < -0.4 is 5.32 Å². The van der Waals surface area contributed by atoms with E-state index in [4.69, 9.17) is 0 Å². The van der Waals surface area contributed by atoms with Crippen LogP contribution in [0, 0.1) is 0 Å². The van der Waals surface area contributed by atoms with Crippen molar-refractivity contribution in [2.24, 2.45) is 0 Å². The topological polar surface area (TPSA) is 21.8 Å². The van der Waals surface area contributed by atoms with Gasteiger partial charge in [-0.05, 0) is 54.5 Å². The molecule has 0 aliphatic heterocycles. The Morgan fingerprint density at radius 1 is 0.944 bits per heavy atom. The standard InChI is InChI=1S/C14H32N4/c1-16(2)11-9-15-10-12-18(5)13-14(17(3)4)7-6-8-14/h15H,6-13H2,1-5H3. The molecule has 4 heteroatoms. The highest BCUT2D eigenvalue weighted by atomic mass is 15.2. The monoisotopic (exact) mass is 256 g/mol. The summed E-state index contributed by atoms with van der Waals surface area (Å²) in [7, 11) is 10.9. The van der Waals surface area contributed by atoms with Crippen molar-refractivity contribution in [3.8, 4) is 0 Å². The van der Waals surface area contributed by atoms with Crippen LogP contribution in [0.2, 0.25) is 0 Å². The normalized spacial score (nSPS) is 18.7. The second-order valence-corrected chi connectivity index (χ2v) is 6.26. The lowest BCUT2D eigenvalue weighted by atomic mass is 9.75. The lowest BCUT2D eigenvalue weighted by molar-refractivity contribution is 0.0282. The molecule has 1 fully saturated rings. The lowest BCUT2D eigenvalue weighted by Crippen LogP contribution is -2.57. The van der Waals surface area contributed by atoms with Crippen molar-refractivity contribution in [1.82, 2.24) is 20.0 Å². The van der Waals surface area contributed by atoms with Crippen LogP contribution in [0.5, 0.6) is 0 Å². The molecule has 0 aromatic heterocycles. The third kappa shape index (κ3) is 4.84. The zero-order valence-corrected chi connectivity index (χ0v) is 13.0. The van der Waals surface area contributed by atoms with Crippen LogP contribution in [0.3, 0.4) is 0 Å². The van der Waals surface area contributed by atoms with Crippen molar-refractivity contribution < 1.29 is 0 Å². The van der Waals surface area contributed by atoms with Crippen LogP contribution in [0.25, 0.3) is 0 Å². The molecule has 0 heterocycles. The average Bonchev–Trinajstić information content (AvgIpc) is 2.22. The highest BCUT2D eigenvalue weighted by Gasteiger charge is 2.39. The van der Waals surface area contributed by atoms with Crippen molar-refractivity contribution in [1.29, 1.82) is 0 Å². The second-order valence-electron chi connectivity index (χ2n) is 6.26. The molecule has 0 bridgehead atoms. The molecule has 0 spiro atoms. The minimum atomic E-state index is 0.457. The van der Waals surface area contributed by atoms with Crippen molar-refractivity contribution in [3.63, 3.8) is 0 Å². The van der Waals surface area contributed by atoms with Crippen LogP contribution in [-0.2, 0) is 0 Å². The number of nitrogens with one attached hydrogen (secondary N) is 1. The lowest BCUT2D eigenvalue weighted by Gasteiger charge is -2.49. The summed E-state index contributed by atoms with van der Waals surface area (Å²) in [5, 5.41) is 3.50. The van der Waals surface area contributed by atoms with Gasteiger partial charge in [0.25, 0.3) is 0 Å². The molecule has 1 rings (SSSR count). The predicted molar refractivity (Wildman–Crippen MR) is 79.2 cm³/mol. The van der Waals surface area contributed by atoms with E-state index in [1.807, 2.05) is 0 Å². The maximum absolute atomic E-state index is 3.50. The summed E-state index contributed by atoms with van der Waals surface area (Å²) in [6.07, 6.45) is 4.11. The van der Waals surface area contributed by atoms with E-state index in [0.29, 0.717) is 5.54 Å². The van der Waals surface area contributed by atoms with Crippen LogP contribution in [-0.4, -0.2) is 88.2 Å². The molecule has 0 aromatic carbocycles. The average molecular weight is 256 g/mol. The molecule has 1 aliphatic rings. The van der Waals surface area contributed by atoms with Crippen LogP contribution in [0.1, 0.15) is 19.3 Å². The summed E-state index contributed by atoms with van der Waals surface area (Å²) in [5.41, 5.74) is 0.457. The first-order valence-corrected chi connectivity index (χ1v) is 7.18. The number of hydrogen-bond donors (Lipinski definition) is 1. The van der Waals surface area contributed by atoms with Gasteiger partial charge in [0.1, 0.15) is 0 Å². The molecule has 0 radical (unpaired) electrons. The maximum Gasteiger partial charge on any atom is 0.0330 e. The fraction of sp³-hybridized carbons (Fsp3) is 1.00. The first-order chi connectivity index (χ1) is 8.46. The Kier molecular flexibility index (Phi) is 6.57. The van der Waals surface area contributed by atoms with Gasteiger partial charge in [-0.15, -0.1) is 0 Å². The van der Waals surface area contributed by atoms with E-state index in [1.165, 1.54) is 25.8 Å². The third-order valence-electron chi connectivity index (χ3n) is 4.20. The molecule has 4 nitrogen and oxygen atoms in total. The second kappa shape index (κ2) is 7.43. The molecule has 0 aromatic rings. The van der Waals surface area contributed by atoms with E-state index < -0.39 is 0 Å². The number of nitrogens with zero attached hydrogens (tertiary/aromatic N) is 3. The Hall–Kier alpha value is -0.160. The summed E-state index contributed by atoms with van der Waals surface area (Å²) in [5.74, 6) is 0. The number of hydrogen-bond acceptors (Lipinski definition) is 4. The molecule has 0 amide bonds. The minimum absolute atomic E-state index is 0.457. The molecule has 0 unspecified atom stereocenters. The Bertz CT molecular complexity index is 224. The van der Waals surface area contributed by atoms with Crippen molar-refractivity contribution in [2.75, 3.05) is 68.0 Å². The van der Waals surface area contributed by atoms with Gasteiger partial charge in [0.15, 0.2) is 0 Å². The van der Waals surface area contributed by atoms with Gasteiger partial charge in [0, 0.05) is 38.3 Å². The Morgan fingerprint density at radius 2 is 1.56 bits per heavy atom. The summed E-state index contributed by atoms with van der Waals surface area (Å²) < 4.78 is 0. The Morgan fingerprint density at radius 3 is 2.00 bits per heavy atom. The van der Waals surface area contributed by atoms with Gasteiger partial charge >= 0.3 is 0 Å². The largest absolute Gasteiger partial charge is 0.314 e. The van der Waals surface area contributed by atoms with Crippen LogP contribution in [0.4, 0.5) is 0 Å². The maximum atomic E-state index is 3.50. The highest BCUT2D eigenvalue weighted by molar-refractivity contribution is 4.97. The molecular formula is C14H32N4. The van der Waals surface area contributed by atoms with E-state index >= 15 is 0 Å². The van der Waals surface area contributed by atoms with E-state index in [2.05, 4.69) is 55.3 Å². The fourth-order valence-electron chi connectivity index (χ4n) is 2.61. The quantitative estimate of drug-likeness (QED) is 0.608. The zero-order valence-electron chi connectivity index (χ0n) is 13.0. The molecule has 1 N–H and O–H groups in total. The van der Waals surface area contributed by atoms with Gasteiger partial charge in [0.05, 0.1) is 0 Å². The fourth-order valence-corrected chi connectivity index (χ4v) is 2.61. The Balaban J connectivity index is 2.11. The highest BCUT2D eigenvalue weighted by Crippen LogP contribution is 2.36. The van der Waals surface area contributed by atoms with E-state index in [9.17, 15) is 0 Å². The van der Waals surface area contributed by atoms with Crippen molar-refractivity contribution in [2.45, 2.75) is 24.8 Å². The first kappa shape index (κ1) is 15.9. The third-order valence-corrected chi connectivity index (χ3v) is 4.20. The summed E-state index contributed by atoms with van der Waals surface area (Å²) in [4.78, 5) is 7.11. The molecule has 108 valence electrons. The van der Waals surface area contributed by atoms with Gasteiger partial charge in [-0.3, -0.25) is 0 Å². The van der Waals surface area contributed by atoms with Crippen LogP contribution in [0.15, 0.2) is 0 Å². The molecule has 18 heavy (non-hydrogen) atoms. The van der Waals surface area contributed by atoms with E-state index in [0.717, 1.165) is 26.2 Å². The molecule has 0 saturated heterocycles. The molecule has 1 saturated carbocycles. The number of likely N-dealkylation sites (N-methyl/N-ethyl adjacent to an activating group) is 3. The molecule has 1 aliphatic carbocycles. The summed E-state index contributed by atoms with van der Waals surface area (Å²) in [6, 6.07) is 0. The van der Waals surface area contributed by atoms with Crippen molar-refractivity contribution in [3.05, 3.63) is 0 Å². The van der Waals surface area contributed by atoms with Gasteiger partial charge in [-0.25, -0.2) is 0 Å². The van der Waals surface area contributed by atoms with E-state index in [-0.39, 0.29) is 0 Å². The molecule has 0 atom stereocenters. The smallest absolute Gasteiger partial charge is 0.0330 e. The van der Waals surface area contributed by atoms with E-state index in [1.54, 1.807) is 0 Å². The van der Waals surface area contributed by atoms with Gasteiger partial charge < -0.3 is 20.0 Å². The van der Waals surface area contributed by atoms with Crippen molar-refractivity contribution >= 4 is 0 Å². The van der Waals surface area contributed by atoms with Crippen LogP contribution >= 0.6 is 0 Å². The summed E-state index contributed by atoms with van der Waals surface area (Å²) >= 11 is 0. The molecular weight excluding hydrogens is 224 g/mol.